The van der Waals surface area contributed by atoms with Gasteiger partial charge in [0, 0.05) is 21.8 Å². The van der Waals surface area contributed by atoms with Crippen LogP contribution in [0.1, 0.15) is 33.5 Å². The minimum atomic E-state index is -1.05. The lowest BCUT2D eigenvalue weighted by atomic mass is 9.98. The van der Waals surface area contributed by atoms with Crippen LogP contribution in [-0.2, 0) is 11.2 Å². The van der Waals surface area contributed by atoms with Crippen LogP contribution in [0.5, 0.6) is 0 Å². The van der Waals surface area contributed by atoms with E-state index in [1.54, 1.807) is 5.38 Å². The van der Waals surface area contributed by atoms with Crippen LogP contribution in [-0.4, -0.2) is 17.0 Å². The van der Waals surface area contributed by atoms with Gasteiger partial charge in [-0.15, -0.1) is 11.3 Å². The second-order valence-electron chi connectivity index (χ2n) is 6.58. The van der Waals surface area contributed by atoms with Crippen molar-refractivity contribution in [3.05, 3.63) is 74.6 Å². The molecule has 3 rings (SSSR count). The molecule has 0 saturated heterocycles. The van der Waals surface area contributed by atoms with Crippen molar-refractivity contribution in [3.8, 4) is 11.1 Å². The molecule has 2 aromatic carbocycles. The monoisotopic (exact) mass is 457 g/mol. The number of hydrogen-bond acceptors (Lipinski definition) is 3. The normalized spacial score (nSPS) is 10.7. The molecule has 1 amide bonds. The van der Waals surface area contributed by atoms with Gasteiger partial charge in [-0.2, -0.15) is 0 Å². The van der Waals surface area contributed by atoms with Gasteiger partial charge in [0.05, 0.1) is 0 Å². The summed E-state index contributed by atoms with van der Waals surface area (Å²) in [5.41, 5.74) is 5.02. The van der Waals surface area contributed by atoms with E-state index in [2.05, 4.69) is 21.2 Å². The lowest BCUT2D eigenvalue weighted by molar-refractivity contribution is -0.116. The summed E-state index contributed by atoms with van der Waals surface area (Å²) in [4.78, 5) is 24.3. The smallest absolute Gasteiger partial charge is 0.339 e. The molecule has 0 saturated carbocycles. The molecule has 0 aliphatic heterocycles. The predicted molar refractivity (Wildman–Crippen MR) is 117 cm³/mol. The summed E-state index contributed by atoms with van der Waals surface area (Å²) in [6, 6.07) is 13.5. The summed E-state index contributed by atoms with van der Waals surface area (Å²) < 4.78 is 0.920. The van der Waals surface area contributed by atoms with Gasteiger partial charge in [-0.3, -0.25) is 4.79 Å². The highest BCUT2D eigenvalue weighted by Gasteiger charge is 2.21. The molecule has 0 unspecified atom stereocenters. The van der Waals surface area contributed by atoms with Gasteiger partial charge in [0.25, 0.3) is 0 Å². The summed E-state index contributed by atoms with van der Waals surface area (Å²) in [7, 11) is 0. The van der Waals surface area contributed by atoms with Crippen molar-refractivity contribution in [3.63, 3.8) is 0 Å². The van der Waals surface area contributed by atoms with E-state index in [-0.39, 0.29) is 11.5 Å². The molecule has 0 aliphatic carbocycles. The average Bonchev–Trinajstić information content (AvgIpc) is 3.05. The lowest BCUT2D eigenvalue weighted by Crippen LogP contribution is -2.14. The minimum Gasteiger partial charge on any atom is -0.478 e. The maximum Gasteiger partial charge on any atom is 0.339 e. The number of carboxylic acid groups (broad SMARTS) is 1. The molecule has 4 nitrogen and oxygen atoms in total. The molecule has 3 aromatic rings. The first-order valence-electron chi connectivity index (χ1n) is 8.82. The molecule has 0 bridgehead atoms. The van der Waals surface area contributed by atoms with E-state index in [1.807, 2.05) is 56.3 Å². The van der Waals surface area contributed by atoms with Gasteiger partial charge < -0.3 is 10.4 Å². The molecule has 2 N–H and O–H groups in total. The Bertz CT molecular complexity index is 1000. The third-order valence-electron chi connectivity index (χ3n) is 4.66. The van der Waals surface area contributed by atoms with Crippen molar-refractivity contribution >= 4 is 44.1 Å². The van der Waals surface area contributed by atoms with Crippen LogP contribution >= 0.6 is 27.3 Å². The zero-order chi connectivity index (χ0) is 20.3. The average molecular weight is 458 g/mol. The van der Waals surface area contributed by atoms with E-state index in [9.17, 15) is 14.7 Å². The van der Waals surface area contributed by atoms with Crippen molar-refractivity contribution in [2.75, 3.05) is 5.32 Å². The summed E-state index contributed by atoms with van der Waals surface area (Å²) in [6.45, 7) is 4.07. The number of rotatable bonds is 6. The van der Waals surface area contributed by atoms with E-state index in [0.29, 0.717) is 23.4 Å². The number of benzene rings is 2. The highest BCUT2D eigenvalue weighted by atomic mass is 79.9. The molecular formula is C22H20BrNO3S. The number of amides is 1. The van der Waals surface area contributed by atoms with Gasteiger partial charge >= 0.3 is 5.97 Å². The van der Waals surface area contributed by atoms with Crippen molar-refractivity contribution < 1.29 is 14.7 Å². The zero-order valence-electron chi connectivity index (χ0n) is 15.6. The summed E-state index contributed by atoms with van der Waals surface area (Å²) in [6.07, 6.45) is 0.925. The number of carbonyl (C=O) groups is 2. The Kier molecular flexibility index (Phi) is 6.31. The molecule has 0 radical (unpaired) electrons. The number of halogens is 1. The number of aryl methyl sites for hydroxylation is 2. The SMILES string of the molecule is Cc1cccc(C)c1CCC(=O)Nc1scc(-c2ccc(Br)cc2)c1C(=O)O. The Morgan fingerprint density at radius 3 is 2.32 bits per heavy atom. The van der Waals surface area contributed by atoms with E-state index in [4.69, 9.17) is 0 Å². The minimum absolute atomic E-state index is 0.132. The molecular weight excluding hydrogens is 438 g/mol. The second-order valence-corrected chi connectivity index (χ2v) is 8.38. The Labute approximate surface area is 176 Å². The van der Waals surface area contributed by atoms with Crippen LogP contribution in [0, 0.1) is 13.8 Å². The third kappa shape index (κ3) is 4.51. The fourth-order valence-corrected chi connectivity index (χ4v) is 4.42. The topological polar surface area (TPSA) is 66.4 Å². The summed E-state index contributed by atoms with van der Waals surface area (Å²) in [5, 5.41) is 14.6. The van der Waals surface area contributed by atoms with Crippen LogP contribution in [0.2, 0.25) is 0 Å². The van der Waals surface area contributed by atoms with Gasteiger partial charge in [0.1, 0.15) is 10.6 Å². The number of hydrogen-bond donors (Lipinski definition) is 2. The number of carboxylic acids is 1. The largest absolute Gasteiger partial charge is 0.478 e. The summed E-state index contributed by atoms with van der Waals surface area (Å²) >= 11 is 4.61. The lowest BCUT2D eigenvalue weighted by Gasteiger charge is -2.10. The Hall–Kier alpha value is -2.44. The standard InChI is InChI=1S/C22H20BrNO3S/c1-13-4-3-5-14(2)17(13)10-11-19(25)24-21-20(22(26)27)18(12-28-21)15-6-8-16(23)9-7-15/h3-9,12H,10-11H2,1-2H3,(H,24,25)(H,26,27). The number of aromatic carboxylic acids is 1. The molecule has 0 spiro atoms. The van der Waals surface area contributed by atoms with Gasteiger partial charge in [0.15, 0.2) is 0 Å². The number of anilines is 1. The molecule has 6 heteroatoms. The highest BCUT2D eigenvalue weighted by molar-refractivity contribution is 9.10. The van der Waals surface area contributed by atoms with Crippen molar-refractivity contribution in [2.45, 2.75) is 26.7 Å². The van der Waals surface area contributed by atoms with Crippen LogP contribution < -0.4 is 5.32 Å². The number of carbonyl (C=O) groups excluding carboxylic acids is 1. The molecule has 144 valence electrons. The number of thiophene rings is 1. The zero-order valence-corrected chi connectivity index (χ0v) is 18.0. The second kappa shape index (κ2) is 8.71. The molecule has 28 heavy (non-hydrogen) atoms. The molecule has 1 aromatic heterocycles. The number of nitrogens with one attached hydrogen (secondary N) is 1. The first-order chi connectivity index (χ1) is 13.4. The van der Waals surface area contributed by atoms with E-state index in [0.717, 1.165) is 26.7 Å². The van der Waals surface area contributed by atoms with E-state index in [1.165, 1.54) is 11.3 Å². The van der Waals surface area contributed by atoms with E-state index < -0.39 is 5.97 Å². The van der Waals surface area contributed by atoms with Gasteiger partial charge in [0.2, 0.25) is 5.91 Å². The third-order valence-corrected chi connectivity index (χ3v) is 6.08. The quantitative estimate of drug-likeness (QED) is 0.472. The van der Waals surface area contributed by atoms with E-state index >= 15 is 0 Å². The van der Waals surface area contributed by atoms with Crippen molar-refractivity contribution in [1.82, 2.24) is 0 Å². The fraction of sp³-hybridized carbons (Fsp3) is 0.182. The molecule has 0 aliphatic rings. The Balaban J connectivity index is 1.77. The van der Waals surface area contributed by atoms with Crippen molar-refractivity contribution in [2.24, 2.45) is 0 Å². The highest BCUT2D eigenvalue weighted by Crippen LogP contribution is 2.36. The fourth-order valence-electron chi connectivity index (χ4n) is 3.18. The van der Waals surface area contributed by atoms with Gasteiger partial charge in [-0.25, -0.2) is 4.79 Å². The first-order valence-corrected chi connectivity index (χ1v) is 10.5. The Morgan fingerprint density at radius 2 is 1.71 bits per heavy atom. The van der Waals surface area contributed by atoms with Gasteiger partial charge in [-0.05, 0) is 54.7 Å². The van der Waals surface area contributed by atoms with Crippen LogP contribution in [0.4, 0.5) is 5.00 Å². The van der Waals surface area contributed by atoms with Gasteiger partial charge in [-0.1, -0.05) is 46.3 Å². The predicted octanol–water partition coefficient (Wildman–Crippen LogP) is 6.06. The molecule has 1 heterocycles. The summed E-state index contributed by atoms with van der Waals surface area (Å²) in [5.74, 6) is -1.24. The van der Waals surface area contributed by atoms with Crippen LogP contribution in [0.15, 0.2) is 52.3 Å². The van der Waals surface area contributed by atoms with Crippen molar-refractivity contribution in [1.29, 1.82) is 0 Å². The molecule has 0 atom stereocenters. The van der Waals surface area contributed by atoms with Crippen LogP contribution in [0.25, 0.3) is 11.1 Å². The Morgan fingerprint density at radius 1 is 1.07 bits per heavy atom. The first kappa shape index (κ1) is 20.3. The van der Waals surface area contributed by atoms with Crippen LogP contribution in [0.3, 0.4) is 0 Å². The maximum atomic E-state index is 12.5. The maximum absolute atomic E-state index is 12.5. The molecule has 0 fully saturated rings.